The number of sulfonamides is 1. The van der Waals surface area contributed by atoms with Gasteiger partial charge in [0.15, 0.2) is 0 Å². The van der Waals surface area contributed by atoms with Crippen LogP contribution in [0.1, 0.15) is 38.7 Å². The smallest absolute Gasteiger partial charge is 0.240 e. The summed E-state index contributed by atoms with van der Waals surface area (Å²) < 4.78 is 27.5. The standard InChI is InChI=1S/C15H24N2O2S/c1-15(2)9-8-13(10-15)17-20(18,19)14-6-4-12(5-7-14)11-16-3/h4-7,13,16-17H,8-11H2,1-3H3. The molecule has 5 heteroatoms. The van der Waals surface area contributed by atoms with Crippen LogP contribution < -0.4 is 10.0 Å². The zero-order valence-corrected chi connectivity index (χ0v) is 13.3. The minimum atomic E-state index is -3.40. The van der Waals surface area contributed by atoms with Crippen molar-refractivity contribution < 1.29 is 8.42 Å². The highest BCUT2D eigenvalue weighted by molar-refractivity contribution is 7.89. The van der Waals surface area contributed by atoms with Gasteiger partial charge in [-0.25, -0.2) is 13.1 Å². The third kappa shape index (κ3) is 3.81. The average Bonchev–Trinajstić information content (AvgIpc) is 2.69. The lowest BCUT2D eigenvalue weighted by atomic mass is 9.92. The van der Waals surface area contributed by atoms with E-state index in [2.05, 4.69) is 23.9 Å². The predicted molar refractivity (Wildman–Crippen MR) is 80.9 cm³/mol. The minimum Gasteiger partial charge on any atom is -0.316 e. The Hall–Kier alpha value is -0.910. The second kappa shape index (κ2) is 5.84. The van der Waals surface area contributed by atoms with Crippen LogP contribution in [0.25, 0.3) is 0 Å². The van der Waals surface area contributed by atoms with Crippen LogP contribution in [0.15, 0.2) is 29.2 Å². The summed E-state index contributed by atoms with van der Waals surface area (Å²) in [6.07, 6.45) is 2.90. The van der Waals surface area contributed by atoms with Crippen molar-refractivity contribution in [2.75, 3.05) is 7.05 Å². The molecule has 0 heterocycles. The molecule has 1 saturated carbocycles. The van der Waals surface area contributed by atoms with Crippen LogP contribution in [0.5, 0.6) is 0 Å². The summed E-state index contributed by atoms with van der Waals surface area (Å²) in [5.74, 6) is 0. The summed E-state index contributed by atoms with van der Waals surface area (Å²) in [7, 11) is -1.53. The number of nitrogens with one attached hydrogen (secondary N) is 2. The molecule has 0 aromatic heterocycles. The summed E-state index contributed by atoms with van der Waals surface area (Å²) in [6, 6.07) is 7.12. The summed E-state index contributed by atoms with van der Waals surface area (Å²) in [5.41, 5.74) is 1.32. The van der Waals surface area contributed by atoms with Gasteiger partial charge in [0.25, 0.3) is 0 Å². The second-order valence-electron chi connectivity index (χ2n) is 6.40. The van der Waals surface area contributed by atoms with E-state index >= 15 is 0 Å². The van der Waals surface area contributed by atoms with Gasteiger partial charge in [-0.2, -0.15) is 0 Å². The van der Waals surface area contributed by atoms with Crippen molar-refractivity contribution >= 4 is 10.0 Å². The fourth-order valence-corrected chi connectivity index (χ4v) is 4.09. The number of rotatable bonds is 5. The first-order valence-electron chi connectivity index (χ1n) is 7.08. The van der Waals surface area contributed by atoms with Gasteiger partial charge in [-0.05, 0) is 49.4 Å². The molecule has 1 atom stereocenters. The van der Waals surface area contributed by atoms with Crippen molar-refractivity contribution in [3.63, 3.8) is 0 Å². The van der Waals surface area contributed by atoms with Crippen LogP contribution in [-0.4, -0.2) is 21.5 Å². The molecule has 2 rings (SSSR count). The molecule has 20 heavy (non-hydrogen) atoms. The maximum Gasteiger partial charge on any atom is 0.240 e. The Morgan fingerprint density at radius 2 is 1.90 bits per heavy atom. The SMILES string of the molecule is CNCc1ccc(S(=O)(=O)NC2CCC(C)(C)C2)cc1. The molecule has 1 aromatic carbocycles. The molecule has 1 aromatic rings. The van der Waals surface area contributed by atoms with Crippen LogP contribution >= 0.6 is 0 Å². The van der Waals surface area contributed by atoms with E-state index in [4.69, 9.17) is 0 Å². The molecular formula is C15H24N2O2S. The third-order valence-corrected chi connectivity index (χ3v) is 5.44. The van der Waals surface area contributed by atoms with Gasteiger partial charge < -0.3 is 5.32 Å². The first kappa shape index (κ1) is 15.5. The largest absolute Gasteiger partial charge is 0.316 e. The molecule has 4 nitrogen and oxygen atoms in total. The summed E-state index contributed by atoms with van der Waals surface area (Å²) in [6.45, 7) is 5.12. The molecule has 0 bridgehead atoms. The molecule has 0 aliphatic heterocycles. The van der Waals surface area contributed by atoms with Crippen LogP contribution in [0.3, 0.4) is 0 Å². The van der Waals surface area contributed by atoms with Gasteiger partial charge in [0.2, 0.25) is 10.0 Å². The molecule has 0 spiro atoms. The molecule has 112 valence electrons. The van der Waals surface area contributed by atoms with Gasteiger partial charge in [-0.15, -0.1) is 0 Å². The fourth-order valence-electron chi connectivity index (χ4n) is 2.81. The van der Waals surface area contributed by atoms with E-state index in [0.717, 1.165) is 31.4 Å². The topological polar surface area (TPSA) is 58.2 Å². The van der Waals surface area contributed by atoms with Crippen molar-refractivity contribution in [1.82, 2.24) is 10.0 Å². The molecule has 2 N–H and O–H groups in total. The average molecular weight is 296 g/mol. The highest BCUT2D eigenvalue weighted by Crippen LogP contribution is 2.37. The molecule has 0 saturated heterocycles. The monoisotopic (exact) mass is 296 g/mol. The molecule has 1 aliphatic rings. The number of hydrogen-bond acceptors (Lipinski definition) is 3. The summed E-state index contributed by atoms with van der Waals surface area (Å²) in [4.78, 5) is 0.349. The maximum absolute atomic E-state index is 12.3. The van der Waals surface area contributed by atoms with E-state index in [9.17, 15) is 8.42 Å². The molecule has 1 unspecified atom stereocenters. The van der Waals surface area contributed by atoms with E-state index in [0.29, 0.717) is 4.90 Å². The quantitative estimate of drug-likeness (QED) is 0.876. The van der Waals surface area contributed by atoms with Crippen LogP contribution in [0, 0.1) is 5.41 Å². The highest BCUT2D eigenvalue weighted by atomic mass is 32.2. The Morgan fingerprint density at radius 1 is 1.25 bits per heavy atom. The Kier molecular flexibility index (Phi) is 4.52. The zero-order valence-electron chi connectivity index (χ0n) is 12.4. The maximum atomic E-state index is 12.3. The lowest BCUT2D eigenvalue weighted by Gasteiger charge is -2.18. The van der Waals surface area contributed by atoms with E-state index in [1.54, 1.807) is 12.1 Å². The van der Waals surface area contributed by atoms with E-state index in [1.807, 2.05) is 19.2 Å². The van der Waals surface area contributed by atoms with Gasteiger partial charge in [0, 0.05) is 12.6 Å². The normalized spacial score (nSPS) is 22.1. The zero-order chi connectivity index (χ0) is 14.8. The Bertz CT molecular complexity index is 550. The van der Waals surface area contributed by atoms with Crippen molar-refractivity contribution in [1.29, 1.82) is 0 Å². The van der Waals surface area contributed by atoms with Crippen LogP contribution in [-0.2, 0) is 16.6 Å². The van der Waals surface area contributed by atoms with Crippen molar-refractivity contribution in [2.45, 2.75) is 50.6 Å². The van der Waals surface area contributed by atoms with Crippen LogP contribution in [0.4, 0.5) is 0 Å². The summed E-state index contributed by atoms with van der Waals surface area (Å²) in [5, 5.41) is 3.04. The Balaban J connectivity index is 2.07. The van der Waals surface area contributed by atoms with Gasteiger partial charge >= 0.3 is 0 Å². The number of hydrogen-bond donors (Lipinski definition) is 2. The van der Waals surface area contributed by atoms with Crippen molar-refractivity contribution in [3.8, 4) is 0 Å². The first-order chi connectivity index (χ1) is 9.32. The first-order valence-corrected chi connectivity index (χ1v) is 8.57. The van der Waals surface area contributed by atoms with Gasteiger partial charge in [-0.3, -0.25) is 0 Å². The van der Waals surface area contributed by atoms with Gasteiger partial charge in [-0.1, -0.05) is 26.0 Å². The molecule has 1 fully saturated rings. The van der Waals surface area contributed by atoms with E-state index in [-0.39, 0.29) is 11.5 Å². The van der Waals surface area contributed by atoms with E-state index in [1.165, 1.54) is 0 Å². The fraction of sp³-hybridized carbons (Fsp3) is 0.600. The Morgan fingerprint density at radius 3 is 2.40 bits per heavy atom. The molecule has 0 radical (unpaired) electrons. The van der Waals surface area contributed by atoms with Crippen molar-refractivity contribution in [3.05, 3.63) is 29.8 Å². The number of benzene rings is 1. The van der Waals surface area contributed by atoms with Crippen LogP contribution in [0.2, 0.25) is 0 Å². The van der Waals surface area contributed by atoms with E-state index < -0.39 is 10.0 Å². The Labute approximate surface area is 122 Å². The lowest BCUT2D eigenvalue weighted by Crippen LogP contribution is -2.33. The van der Waals surface area contributed by atoms with Gasteiger partial charge in [0.1, 0.15) is 0 Å². The second-order valence-corrected chi connectivity index (χ2v) is 8.11. The van der Waals surface area contributed by atoms with Gasteiger partial charge in [0.05, 0.1) is 4.90 Å². The lowest BCUT2D eigenvalue weighted by molar-refractivity contribution is 0.372. The molecule has 0 amide bonds. The minimum absolute atomic E-state index is 0.0620. The predicted octanol–water partition coefficient (Wildman–Crippen LogP) is 2.26. The van der Waals surface area contributed by atoms with Crippen molar-refractivity contribution in [2.24, 2.45) is 5.41 Å². The molecule has 1 aliphatic carbocycles. The third-order valence-electron chi connectivity index (χ3n) is 3.90. The highest BCUT2D eigenvalue weighted by Gasteiger charge is 2.33. The summed E-state index contributed by atoms with van der Waals surface area (Å²) >= 11 is 0. The molecular weight excluding hydrogens is 272 g/mol.